The molecule has 10 nitrogen and oxygen atoms in total. The Morgan fingerprint density at radius 2 is 2.35 bits per heavy atom. The van der Waals surface area contributed by atoms with Gasteiger partial charge in [0.05, 0.1) is 12.0 Å². The molecule has 0 aliphatic rings. The first-order chi connectivity index (χ1) is 8.15. The number of nitrogen functional groups attached to an aromatic ring is 1. The molecule has 0 radical (unpaired) electrons. The van der Waals surface area contributed by atoms with Gasteiger partial charge < -0.3 is 15.6 Å². The molecule has 17 heavy (non-hydrogen) atoms. The Balaban J connectivity index is 2.48. The van der Waals surface area contributed by atoms with E-state index in [1.807, 2.05) is 0 Å². The summed E-state index contributed by atoms with van der Waals surface area (Å²) in [5.74, 6) is -1.25. The third-order valence-electron chi connectivity index (χ3n) is 2.17. The van der Waals surface area contributed by atoms with Gasteiger partial charge in [-0.3, -0.25) is 0 Å². The lowest BCUT2D eigenvalue weighted by atomic mass is 10.2. The van der Waals surface area contributed by atoms with Crippen molar-refractivity contribution in [1.82, 2.24) is 30.5 Å². The van der Waals surface area contributed by atoms with E-state index >= 15 is 0 Å². The highest BCUT2D eigenvalue weighted by molar-refractivity contribution is 5.71. The topological polar surface area (TPSA) is 149 Å². The summed E-state index contributed by atoms with van der Waals surface area (Å²) in [5, 5.41) is 28.4. The Morgan fingerprint density at radius 1 is 1.59 bits per heavy atom. The van der Waals surface area contributed by atoms with Crippen LogP contribution >= 0.6 is 0 Å². The fourth-order valence-electron chi connectivity index (χ4n) is 1.35. The van der Waals surface area contributed by atoms with Crippen molar-refractivity contribution in [1.29, 1.82) is 0 Å². The Morgan fingerprint density at radius 3 is 2.88 bits per heavy atom. The minimum atomic E-state index is -1.30. The van der Waals surface area contributed by atoms with Crippen LogP contribution in [0.25, 0.3) is 11.5 Å². The summed E-state index contributed by atoms with van der Waals surface area (Å²) in [5.41, 5.74) is 5.57. The molecule has 0 bridgehead atoms. The zero-order valence-corrected chi connectivity index (χ0v) is 8.77. The number of nitrogens with zero attached hydrogens (tertiary/aromatic N) is 6. The number of aromatic nitrogens is 6. The van der Waals surface area contributed by atoms with Gasteiger partial charge in [0.25, 0.3) is 0 Å². The highest BCUT2D eigenvalue weighted by atomic mass is 16.6. The van der Waals surface area contributed by atoms with Crippen LogP contribution in [-0.2, 0) is 4.79 Å². The van der Waals surface area contributed by atoms with Crippen LogP contribution in [0, 0.1) is 0 Å². The third-order valence-corrected chi connectivity index (χ3v) is 2.17. The maximum Gasteiger partial charge on any atom is 0.208 e. The molecule has 0 amide bonds. The van der Waals surface area contributed by atoms with Gasteiger partial charge in [0.15, 0.2) is 11.5 Å². The largest absolute Gasteiger partial charge is 0.548 e. The van der Waals surface area contributed by atoms with Crippen LogP contribution in [0.15, 0.2) is 4.63 Å². The van der Waals surface area contributed by atoms with Gasteiger partial charge in [-0.15, -0.1) is 5.10 Å². The number of carbonyl (C=O) groups is 1. The number of rotatable bonds is 4. The average molecular weight is 238 g/mol. The van der Waals surface area contributed by atoms with Gasteiger partial charge in [-0.1, -0.05) is 6.92 Å². The van der Waals surface area contributed by atoms with E-state index < -0.39 is 12.0 Å². The second kappa shape index (κ2) is 4.15. The molecule has 0 aliphatic heterocycles. The molecule has 0 saturated carbocycles. The van der Waals surface area contributed by atoms with E-state index in [4.69, 9.17) is 5.73 Å². The summed E-state index contributed by atoms with van der Waals surface area (Å²) >= 11 is 0. The zero-order chi connectivity index (χ0) is 12.4. The SMILES string of the molecule is CCC(C(=O)[O-])n1nnnc1-c1nonc1N. The Labute approximate surface area is 94.4 Å². The molecule has 0 spiro atoms. The number of carboxylic acid groups (broad SMARTS) is 1. The number of carbonyl (C=O) groups excluding carboxylic acids is 1. The molecule has 90 valence electrons. The molecular formula is C7H8N7O3-. The summed E-state index contributed by atoms with van der Waals surface area (Å²) in [6.45, 7) is 1.66. The standard InChI is InChI=1S/C7H9N7O3/c1-2-3(7(15)16)14-6(9-12-13-14)4-5(8)11-17-10-4/h3H,2H2,1H3,(H2,8,11)(H,15,16)/p-1. The average Bonchev–Trinajstić information content (AvgIpc) is 2.87. The minimum absolute atomic E-state index is 0.0192. The minimum Gasteiger partial charge on any atom is -0.548 e. The summed E-state index contributed by atoms with van der Waals surface area (Å²) in [6, 6.07) is -1.00. The van der Waals surface area contributed by atoms with Crippen molar-refractivity contribution in [2.75, 3.05) is 5.73 Å². The molecule has 2 N–H and O–H groups in total. The molecule has 0 aromatic carbocycles. The third kappa shape index (κ3) is 1.79. The van der Waals surface area contributed by atoms with Crippen molar-refractivity contribution in [3.63, 3.8) is 0 Å². The molecule has 10 heteroatoms. The van der Waals surface area contributed by atoms with Gasteiger partial charge in [0, 0.05) is 0 Å². The highest BCUT2D eigenvalue weighted by Gasteiger charge is 2.22. The van der Waals surface area contributed by atoms with Crippen LogP contribution in [0.3, 0.4) is 0 Å². The van der Waals surface area contributed by atoms with Crippen molar-refractivity contribution in [3.8, 4) is 11.5 Å². The predicted molar refractivity (Wildman–Crippen MR) is 49.9 cm³/mol. The number of tetrazole rings is 1. The summed E-state index contributed by atoms with van der Waals surface area (Å²) in [4.78, 5) is 10.9. The van der Waals surface area contributed by atoms with Gasteiger partial charge in [0.2, 0.25) is 5.82 Å². The maximum absolute atomic E-state index is 10.9. The van der Waals surface area contributed by atoms with E-state index in [1.165, 1.54) is 0 Å². The first-order valence-corrected chi connectivity index (χ1v) is 4.72. The van der Waals surface area contributed by atoms with Gasteiger partial charge in [0.1, 0.15) is 0 Å². The molecular weight excluding hydrogens is 230 g/mol. The summed E-state index contributed by atoms with van der Waals surface area (Å²) in [7, 11) is 0. The number of carboxylic acids is 1. The summed E-state index contributed by atoms with van der Waals surface area (Å²) < 4.78 is 5.46. The first-order valence-electron chi connectivity index (χ1n) is 4.72. The van der Waals surface area contributed by atoms with Crippen molar-refractivity contribution in [2.24, 2.45) is 0 Å². The molecule has 2 rings (SSSR count). The molecule has 2 aromatic rings. The molecule has 1 unspecified atom stereocenters. The fraction of sp³-hybridized carbons (Fsp3) is 0.429. The second-order valence-electron chi connectivity index (χ2n) is 3.19. The normalized spacial score (nSPS) is 12.5. The van der Waals surface area contributed by atoms with Crippen LogP contribution < -0.4 is 10.8 Å². The number of aliphatic carboxylic acids is 1. The van der Waals surface area contributed by atoms with E-state index in [1.54, 1.807) is 6.92 Å². The van der Waals surface area contributed by atoms with Gasteiger partial charge >= 0.3 is 0 Å². The van der Waals surface area contributed by atoms with Gasteiger partial charge in [-0.25, -0.2) is 9.31 Å². The van der Waals surface area contributed by atoms with Crippen LogP contribution in [-0.4, -0.2) is 36.5 Å². The van der Waals surface area contributed by atoms with Crippen LogP contribution in [0.5, 0.6) is 0 Å². The smallest absolute Gasteiger partial charge is 0.208 e. The van der Waals surface area contributed by atoms with E-state index in [0.717, 1.165) is 4.68 Å². The summed E-state index contributed by atoms with van der Waals surface area (Å²) in [6.07, 6.45) is 0.256. The van der Waals surface area contributed by atoms with Crippen LogP contribution in [0.1, 0.15) is 19.4 Å². The van der Waals surface area contributed by atoms with Crippen molar-refractivity contribution in [2.45, 2.75) is 19.4 Å². The van der Waals surface area contributed by atoms with Crippen molar-refractivity contribution in [3.05, 3.63) is 0 Å². The Bertz CT molecular complexity index is 533. The molecule has 0 saturated heterocycles. The number of hydrogen-bond acceptors (Lipinski definition) is 9. The van der Waals surface area contributed by atoms with Gasteiger partial charge in [-0.05, 0) is 27.2 Å². The quantitative estimate of drug-likeness (QED) is 0.638. The van der Waals surface area contributed by atoms with Crippen molar-refractivity contribution >= 4 is 11.8 Å². The molecule has 2 aromatic heterocycles. The van der Waals surface area contributed by atoms with E-state index in [9.17, 15) is 9.90 Å². The predicted octanol–water partition coefficient (Wildman–Crippen LogP) is -1.99. The van der Waals surface area contributed by atoms with Gasteiger partial charge in [-0.2, -0.15) is 0 Å². The monoisotopic (exact) mass is 238 g/mol. The zero-order valence-electron chi connectivity index (χ0n) is 8.77. The van der Waals surface area contributed by atoms with Crippen LogP contribution in [0.2, 0.25) is 0 Å². The lowest BCUT2D eigenvalue weighted by molar-refractivity contribution is -0.310. The van der Waals surface area contributed by atoms with E-state index in [0.29, 0.717) is 0 Å². The first kappa shape index (κ1) is 11.0. The number of anilines is 1. The highest BCUT2D eigenvalue weighted by Crippen LogP contribution is 2.22. The second-order valence-corrected chi connectivity index (χ2v) is 3.19. The fourth-order valence-corrected chi connectivity index (χ4v) is 1.35. The lowest BCUT2D eigenvalue weighted by Crippen LogP contribution is -2.34. The van der Waals surface area contributed by atoms with Crippen LogP contribution in [0.4, 0.5) is 5.82 Å². The Kier molecular flexibility index (Phi) is 2.68. The molecule has 0 aliphatic carbocycles. The number of hydrogen-bond donors (Lipinski definition) is 1. The number of nitrogens with two attached hydrogens (primary N) is 1. The molecule has 0 fully saturated rings. The van der Waals surface area contributed by atoms with E-state index in [-0.39, 0.29) is 23.8 Å². The molecule has 2 heterocycles. The van der Waals surface area contributed by atoms with E-state index in [2.05, 4.69) is 30.5 Å². The molecule has 1 atom stereocenters. The van der Waals surface area contributed by atoms with Crippen molar-refractivity contribution < 1.29 is 14.5 Å². The Hall–Kier alpha value is -2.52. The lowest BCUT2D eigenvalue weighted by Gasteiger charge is -2.16. The maximum atomic E-state index is 10.9.